The van der Waals surface area contributed by atoms with Crippen molar-refractivity contribution >= 4 is 0 Å². The third kappa shape index (κ3) is 2.12. The summed E-state index contributed by atoms with van der Waals surface area (Å²) in [4.78, 5) is 4.22. The van der Waals surface area contributed by atoms with Crippen LogP contribution in [0.1, 0.15) is 18.4 Å². The van der Waals surface area contributed by atoms with Crippen molar-refractivity contribution < 1.29 is 14.0 Å². The molecular weight excluding hydrogens is 237 g/mol. The van der Waals surface area contributed by atoms with Crippen LogP contribution in [-0.4, -0.2) is 27.9 Å². The highest BCUT2D eigenvalue weighted by Gasteiger charge is 2.28. The summed E-state index contributed by atoms with van der Waals surface area (Å²) in [5.41, 5.74) is 0.573. The lowest BCUT2D eigenvalue weighted by Gasteiger charge is -2.01. The molecule has 1 aliphatic rings. The van der Waals surface area contributed by atoms with Gasteiger partial charge in [0.05, 0.1) is 12.1 Å². The van der Waals surface area contributed by atoms with Crippen molar-refractivity contribution in [1.29, 1.82) is 0 Å². The molecule has 5 nitrogen and oxygen atoms in total. The standard InChI is InChI=1S/C12H12FN3O2/c13-8-3-1-2-7(4-8)11-15-12(18-16-11)10-5-9(17)6-14-10/h1-4,9-10,14,17H,5-6H2/t9-,10+/m0/s1. The van der Waals surface area contributed by atoms with Gasteiger partial charge in [0, 0.05) is 12.1 Å². The number of aliphatic hydroxyl groups excluding tert-OH is 1. The van der Waals surface area contributed by atoms with Crippen molar-refractivity contribution in [3.63, 3.8) is 0 Å². The van der Waals surface area contributed by atoms with Gasteiger partial charge in [-0.15, -0.1) is 0 Å². The summed E-state index contributed by atoms with van der Waals surface area (Å²) < 4.78 is 18.2. The number of hydrogen-bond donors (Lipinski definition) is 2. The van der Waals surface area contributed by atoms with Crippen molar-refractivity contribution in [2.45, 2.75) is 18.6 Å². The third-order valence-corrected chi connectivity index (χ3v) is 2.93. The van der Waals surface area contributed by atoms with Crippen LogP contribution in [0, 0.1) is 5.82 Å². The Balaban J connectivity index is 1.85. The number of β-amino-alcohol motifs (C(OH)–C–C–N with tert-alkyl or cyclic N) is 1. The summed E-state index contributed by atoms with van der Waals surface area (Å²) in [6.07, 6.45) is 0.157. The van der Waals surface area contributed by atoms with E-state index in [0.717, 1.165) is 0 Å². The van der Waals surface area contributed by atoms with Crippen LogP contribution in [0.3, 0.4) is 0 Å². The van der Waals surface area contributed by atoms with Gasteiger partial charge in [-0.25, -0.2) is 4.39 Å². The van der Waals surface area contributed by atoms with E-state index in [-0.39, 0.29) is 18.0 Å². The third-order valence-electron chi connectivity index (χ3n) is 2.93. The van der Waals surface area contributed by atoms with Gasteiger partial charge in [0.25, 0.3) is 0 Å². The van der Waals surface area contributed by atoms with Crippen LogP contribution < -0.4 is 5.32 Å². The van der Waals surface area contributed by atoms with Crippen molar-refractivity contribution in [3.8, 4) is 11.4 Å². The summed E-state index contributed by atoms with van der Waals surface area (Å²) in [7, 11) is 0. The maximum absolute atomic E-state index is 13.1. The van der Waals surface area contributed by atoms with Crippen LogP contribution >= 0.6 is 0 Å². The van der Waals surface area contributed by atoms with Crippen molar-refractivity contribution in [3.05, 3.63) is 36.0 Å². The molecule has 6 heteroatoms. The van der Waals surface area contributed by atoms with E-state index in [0.29, 0.717) is 30.2 Å². The normalized spacial score (nSPS) is 23.4. The largest absolute Gasteiger partial charge is 0.392 e. The molecule has 1 saturated heterocycles. The predicted octanol–water partition coefficient (Wildman–Crippen LogP) is 1.27. The Morgan fingerprint density at radius 3 is 3.06 bits per heavy atom. The maximum Gasteiger partial charge on any atom is 0.244 e. The highest BCUT2D eigenvalue weighted by molar-refractivity contribution is 5.53. The monoisotopic (exact) mass is 249 g/mol. The maximum atomic E-state index is 13.1. The molecule has 0 saturated carbocycles. The Bertz CT molecular complexity index is 558. The lowest BCUT2D eigenvalue weighted by atomic mass is 10.2. The molecular formula is C12H12FN3O2. The second-order valence-electron chi connectivity index (χ2n) is 4.32. The van der Waals surface area contributed by atoms with Gasteiger partial charge >= 0.3 is 0 Å². The average molecular weight is 249 g/mol. The molecule has 3 rings (SSSR count). The molecule has 1 aromatic heterocycles. The Morgan fingerprint density at radius 2 is 2.33 bits per heavy atom. The first kappa shape index (κ1) is 11.3. The lowest BCUT2D eigenvalue weighted by Crippen LogP contribution is -2.15. The first-order valence-corrected chi connectivity index (χ1v) is 5.73. The Morgan fingerprint density at radius 1 is 1.44 bits per heavy atom. The van der Waals surface area contributed by atoms with Crippen molar-refractivity contribution in [1.82, 2.24) is 15.5 Å². The van der Waals surface area contributed by atoms with Gasteiger partial charge in [0.2, 0.25) is 11.7 Å². The average Bonchev–Trinajstić information content (AvgIpc) is 2.97. The van der Waals surface area contributed by atoms with Crippen LogP contribution in [0.15, 0.2) is 28.8 Å². The number of benzene rings is 1. The summed E-state index contributed by atoms with van der Waals surface area (Å²) in [5.74, 6) is 0.437. The van der Waals surface area contributed by atoms with Crippen molar-refractivity contribution in [2.24, 2.45) is 0 Å². The smallest absolute Gasteiger partial charge is 0.244 e. The Kier molecular flexibility index (Phi) is 2.81. The van der Waals surface area contributed by atoms with Gasteiger partial charge in [-0.2, -0.15) is 4.98 Å². The van der Waals surface area contributed by atoms with E-state index in [1.54, 1.807) is 12.1 Å². The number of rotatable bonds is 2. The van der Waals surface area contributed by atoms with Gasteiger partial charge in [-0.3, -0.25) is 0 Å². The fraction of sp³-hybridized carbons (Fsp3) is 0.333. The highest BCUT2D eigenvalue weighted by atomic mass is 19.1. The minimum atomic E-state index is -0.389. The van der Waals surface area contributed by atoms with Gasteiger partial charge in [0.15, 0.2) is 0 Å². The van der Waals surface area contributed by atoms with Gasteiger partial charge in [-0.05, 0) is 18.6 Å². The fourth-order valence-corrected chi connectivity index (χ4v) is 2.03. The van der Waals surface area contributed by atoms with Gasteiger partial charge in [-0.1, -0.05) is 17.3 Å². The Hall–Kier alpha value is -1.79. The van der Waals surface area contributed by atoms with E-state index >= 15 is 0 Å². The second kappa shape index (κ2) is 4.47. The SMILES string of the molecule is O[C@@H]1CN[C@@H](c2nc(-c3cccc(F)c3)no2)C1. The number of nitrogens with zero attached hydrogens (tertiary/aromatic N) is 2. The molecule has 94 valence electrons. The van der Waals surface area contributed by atoms with E-state index < -0.39 is 0 Å². The van der Waals surface area contributed by atoms with Crippen LogP contribution in [0.25, 0.3) is 11.4 Å². The number of hydrogen-bond acceptors (Lipinski definition) is 5. The second-order valence-corrected chi connectivity index (χ2v) is 4.32. The first-order chi connectivity index (χ1) is 8.72. The van der Waals surface area contributed by atoms with E-state index in [4.69, 9.17) is 4.52 Å². The molecule has 18 heavy (non-hydrogen) atoms. The van der Waals surface area contributed by atoms with E-state index in [1.807, 2.05) is 0 Å². The Labute approximate surface area is 103 Å². The quantitative estimate of drug-likeness (QED) is 0.838. The zero-order valence-electron chi connectivity index (χ0n) is 9.51. The molecule has 0 bridgehead atoms. The molecule has 2 aromatic rings. The molecule has 0 radical (unpaired) electrons. The molecule has 1 aromatic carbocycles. The van der Waals surface area contributed by atoms with E-state index in [9.17, 15) is 9.50 Å². The van der Waals surface area contributed by atoms with E-state index in [2.05, 4.69) is 15.5 Å². The number of halogens is 1. The summed E-state index contributed by atoms with van der Waals surface area (Å²) in [5, 5.41) is 16.3. The molecule has 2 heterocycles. The molecule has 2 atom stereocenters. The zero-order valence-corrected chi connectivity index (χ0v) is 9.51. The van der Waals surface area contributed by atoms with Crippen molar-refractivity contribution in [2.75, 3.05) is 6.54 Å². The molecule has 0 spiro atoms. The van der Waals surface area contributed by atoms with Gasteiger partial charge in [0.1, 0.15) is 5.82 Å². The highest BCUT2D eigenvalue weighted by Crippen LogP contribution is 2.24. The van der Waals surface area contributed by atoms with E-state index in [1.165, 1.54) is 12.1 Å². The zero-order chi connectivity index (χ0) is 12.5. The molecule has 0 amide bonds. The minimum Gasteiger partial charge on any atom is -0.392 e. The number of aliphatic hydroxyl groups is 1. The summed E-state index contributed by atoms with van der Waals surface area (Å²) in [6, 6.07) is 5.90. The molecule has 2 N–H and O–H groups in total. The predicted molar refractivity (Wildman–Crippen MR) is 61.1 cm³/mol. The molecule has 1 aliphatic heterocycles. The minimum absolute atomic E-state index is 0.130. The number of aromatic nitrogens is 2. The summed E-state index contributed by atoms with van der Waals surface area (Å²) >= 11 is 0. The fourth-order valence-electron chi connectivity index (χ4n) is 2.03. The van der Waals surface area contributed by atoms with Gasteiger partial charge < -0.3 is 14.9 Å². The van der Waals surface area contributed by atoms with Crippen LogP contribution in [0.5, 0.6) is 0 Å². The van der Waals surface area contributed by atoms with Crippen LogP contribution in [0.4, 0.5) is 4.39 Å². The number of nitrogens with one attached hydrogen (secondary N) is 1. The lowest BCUT2D eigenvalue weighted by molar-refractivity contribution is 0.191. The first-order valence-electron chi connectivity index (χ1n) is 5.73. The van der Waals surface area contributed by atoms with Crippen LogP contribution in [-0.2, 0) is 0 Å². The molecule has 0 unspecified atom stereocenters. The molecule has 1 fully saturated rings. The summed E-state index contributed by atoms with van der Waals surface area (Å²) in [6.45, 7) is 0.516. The van der Waals surface area contributed by atoms with Crippen LogP contribution in [0.2, 0.25) is 0 Å². The topological polar surface area (TPSA) is 71.2 Å². The molecule has 0 aliphatic carbocycles.